The summed E-state index contributed by atoms with van der Waals surface area (Å²) in [5.74, 6) is -1.14. The summed E-state index contributed by atoms with van der Waals surface area (Å²) in [6.07, 6.45) is 0. The Kier molecular flexibility index (Phi) is 4.60. The molecule has 1 atom stereocenters. The molecule has 0 amide bonds. The zero-order valence-electron chi connectivity index (χ0n) is 9.57. The third-order valence-corrected chi connectivity index (χ3v) is 2.68. The molecule has 3 N–H and O–H groups in total. The molecule has 0 aliphatic rings. The van der Waals surface area contributed by atoms with Gasteiger partial charge < -0.3 is 20.3 Å². The molecule has 0 heterocycles. The van der Waals surface area contributed by atoms with Gasteiger partial charge in [0.1, 0.15) is 11.5 Å². The average Bonchev–Trinajstić information content (AvgIpc) is 2.29. The van der Waals surface area contributed by atoms with Crippen LogP contribution in [0, 0.1) is 0 Å². The van der Waals surface area contributed by atoms with Crippen molar-refractivity contribution in [2.24, 2.45) is 5.73 Å². The maximum Gasteiger partial charge on any atom is 0.312 e. The van der Waals surface area contributed by atoms with Crippen molar-refractivity contribution >= 4 is 17.6 Å². The Bertz CT molecular complexity index is 422. The summed E-state index contributed by atoms with van der Waals surface area (Å²) in [5.41, 5.74) is 5.86. The molecule has 1 aromatic rings. The highest BCUT2D eigenvalue weighted by Gasteiger charge is 2.24. The minimum Gasteiger partial charge on any atom is -0.497 e. The normalized spacial score (nSPS) is 12.0. The molecule has 0 aliphatic heterocycles. The van der Waals surface area contributed by atoms with Crippen molar-refractivity contribution in [2.75, 3.05) is 20.8 Å². The highest BCUT2D eigenvalue weighted by atomic mass is 35.5. The maximum atomic E-state index is 11.1. The van der Waals surface area contributed by atoms with Crippen LogP contribution in [0.25, 0.3) is 0 Å². The number of hydrogen-bond donors (Lipinski definition) is 2. The SMILES string of the molecule is COc1cc(Cl)c(OC)c(C(CN)C(=O)O)c1. The van der Waals surface area contributed by atoms with Crippen molar-refractivity contribution in [2.45, 2.75) is 5.92 Å². The van der Waals surface area contributed by atoms with Gasteiger partial charge in [-0.1, -0.05) is 11.6 Å². The van der Waals surface area contributed by atoms with Crippen molar-refractivity contribution in [1.29, 1.82) is 0 Å². The molecule has 5 nitrogen and oxygen atoms in total. The van der Waals surface area contributed by atoms with Gasteiger partial charge >= 0.3 is 5.97 Å². The third-order valence-electron chi connectivity index (χ3n) is 2.39. The molecule has 0 spiro atoms. The van der Waals surface area contributed by atoms with Crippen LogP contribution < -0.4 is 15.2 Å². The zero-order valence-corrected chi connectivity index (χ0v) is 10.3. The fourth-order valence-electron chi connectivity index (χ4n) is 1.54. The highest BCUT2D eigenvalue weighted by molar-refractivity contribution is 6.32. The summed E-state index contributed by atoms with van der Waals surface area (Å²) in [6, 6.07) is 3.12. The lowest BCUT2D eigenvalue weighted by molar-refractivity contribution is -0.138. The second kappa shape index (κ2) is 5.75. The van der Waals surface area contributed by atoms with E-state index >= 15 is 0 Å². The molecule has 1 aromatic carbocycles. The van der Waals surface area contributed by atoms with Crippen LogP contribution >= 0.6 is 11.6 Å². The first-order valence-electron chi connectivity index (χ1n) is 4.89. The number of carboxylic acid groups (broad SMARTS) is 1. The van der Waals surface area contributed by atoms with Crippen LogP contribution in [0.1, 0.15) is 11.5 Å². The molecule has 1 unspecified atom stereocenters. The molecule has 6 heteroatoms. The molecular formula is C11H14ClNO4. The first kappa shape index (κ1) is 13.6. The van der Waals surface area contributed by atoms with Crippen LogP contribution in [0.2, 0.25) is 5.02 Å². The minimum absolute atomic E-state index is 0.0464. The number of methoxy groups -OCH3 is 2. The largest absolute Gasteiger partial charge is 0.497 e. The minimum atomic E-state index is -1.03. The zero-order chi connectivity index (χ0) is 13.0. The number of hydrogen-bond acceptors (Lipinski definition) is 4. The molecule has 0 aliphatic carbocycles. The molecular weight excluding hydrogens is 246 g/mol. The number of carbonyl (C=O) groups is 1. The molecule has 0 saturated carbocycles. The molecule has 1 rings (SSSR count). The van der Waals surface area contributed by atoms with Gasteiger partial charge in [-0.2, -0.15) is 0 Å². The topological polar surface area (TPSA) is 81.8 Å². The van der Waals surface area contributed by atoms with E-state index in [0.717, 1.165) is 0 Å². The van der Waals surface area contributed by atoms with Crippen molar-refractivity contribution in [1.82, 2.24) is 0 Å². The van der Waals surface area contributed by atoms with Gasteiger partial charge in [-0.3, -0.25) is 4.79 Å². The number of ether oxygens (including phenoxy) is 2. The van der Waals surface area contributed by atoms with Gasteiger partial charge in [-0.05, 0) is 6.07 Å². The van der Waals surface area contributed by atoms with E-state index in [-0.39, 0.29) is 6.54 Å². The summed E-state index contributed by atoms with van der Waals surface area (Å²) in [4.78, 5) is 11.1. The van der Waals surface area contributed by atoms with Crippen LogP contribution in [0.15, 0.2) is 12.1 Å². The summed E-state index contributed by atoms with van der Waals surface area (Å²) < 4.78 is 10.1. The Morgan fingerprint density at radius 3 is 2.53 bits per heavy atom. The lowest BCUT2D eigenvalue weighted by Gasteiger charge is -2.16. The summed E-state index contributed by atoms with van der Waals surface area (Å²) in [6.45, 7) is -0.0464. The van der Waals surface area contributed by atoms with Gasteiger partial charge in [0.25, 0.3) is 0 Å². The van der Waals surface area contributed by atoms with Crippen molar-refractivity contribution in [3.8, 4) is 11.5 Å². The van der Waals surface area contributed by atoms with E-state index in [0.29, 0.717) is 22.1 Å². The fourth-order valence-corrected chi connectivity index (χ4v) is 1.84. The summed E-state index contributed by atoms with van der Waals surface area (Å²) in [5, 5.41) is 9.37. The van der Waals surface area contributed by atoms with Crippen LogP contribution in [0.5, 0.6) is 11.5 Å². The molecule has 0 radical (unpaired) electrons. The number of halogens is 1. The number of carboxylic acids is 1. The molecule has 0 saturated heterocycles. The Morgan fingerprint density at radius 1 is 1.47 bits per heavy atom. The van der Waals surface area contributed by atoms with Crippen LogP contribution in [0.3, 0.4) is 0 Å². The smallest absolute Gasteiger partial charge is 0.312 e. The van der Waals surface area contributed by atoms with Crippen molar-refractivity contribution < 1.29 is 19.4 Å². The first-order chi connectivity index (χ1) is 8.04. The third kappa shape index (κ3) is 2.81. The lowest BCUT2D eigenvalue weighted by atomic mass is 9.98. The van der Waals surface area contributed by atoms with Gasteiger partial charge in [0.2, 0.25) is 0 Å². The van der Waals surface area contributed by atoms with Gasteiger partial charge in [0.05, 0.1) is 25.2 Å². The number of aliphatic carboxylic acids is 1. The van der Waals surface area contributed by atoms with E-state index in [4.69, 9.17) is 31.9 Å². The van der Waals surface area contributed by atoms with E-state index in [1.807, 2.05) is 0 Å². The van der Waals surface area contributed by atoms with E-state index in [9.17, 15) is 4.79 Å². The number of nitrogens with two attached hydrogens (primary N) is 1. The van der Waals surface area contributed by atoms with Gasteiger partial charge in [-0.15, -0.1) is 0 Å². The summed E-state index contributed by atoms with van der Waals surface area (Å²) >= 11 is 5.98. The predicted molar refractivity (Wildman–Crippen MR) is 64.0 cm³/mol. The number of benzene rings is 1. The Balaban J connectivity index is 3.36. The van der Waals surface area contributed by atoms with E-state index in [2.05, 4.69) is 0 Å². The second-order valence-electron chi connectivity index (χ2n) is 3.36. The molecule has 0 fully saturated rings. The average molecular weight is 260 g/mol. The van der Waals surface area contributed by atoms with Gasteiger partial charge in [0, 0.05) is 18.2 Å². The fraction of sp³-hybridized carbons (Fsp3) is 0.364. The molecule has 17 heavy (non-hydrogen) atoms. The Labute approximate surface area is 104 Å². The van der Waals surface area contributed by atoms with Crippen LogP contribution in [0.4, 0.5) is 0 Å². The highest BCUT2D eigenvalue weighted by Crippen LogP contribution is 2.37. The van der Waals surface area contributed by atoms with E-state index in [1.54, 1.807) is 12.1 Å². The lowest BCUT2D eigenvalue weighted by Crippen LogP contribution is -2.21. The number of rotatable bonds is 5. The summed E-state index contributed by atoms with van der Waals surface area (Å²) in [7, 11) is 2.90. The molecule has 94 valence electrons. The maximum absolute atomic E-state index is 11.1. The van der Waals surface area contributed by atoms with Crippen LogP contribution in [-0.4, -0.2) is 31.8 Å². The molecule has 0 bridgehead atoms. The second-order valence-corrected chi connectivity index (χ2v) is 3.77. The quantitative estimate of drug-likeness (QED) is 0.837. The van der Waals surface area contributed by atoms with Gasteiger partial charge in [-0.25, -0.2) is 0 Å². The monoisotopic (exact) mass is 259 g/mol. The Morgan fingerprint density at radius 2 is 2.12 bits per heavy atom. The van der Waals surface area contributed by atoms with Crippen LogP contribution in [-0.2, 0) is 4.79 Å². The predicted octanol–water partition coefficient (Wildman–Crippen LogP) is 1.48. The Hall–Kier alpha value is -1.46. The standard InChI is InChI=1S/C11H14ClNO4/c1-16-6-3-7(8(5-13)11(14)15)10(17-2)9(12)4-6/h3-4,8H,5,13H2,1-2H3,(H,14,15). The van der Waals surface area contributed by atoms with E-state index < -0.39 is 11.9 Å². The van der Waals surface area contributed by atoms with Crippen molar-refractivity contribution in [3.05, 3.63) is 22.7 Å². The van der Waals surface area contributed by atoms with Gasteiger partial charge in [0.15, 0.2) is 0 Å². The van der Waals surface area contributed by atoms with Crippen molar-refractivity contribution in [3.63, 3.8) is 0 Å². The first-order valence-corrected chi connectivity index (χ1v) is 5.27. The van der Waals surface area contributed by atoms with E-state index in [1.165, 1.54) is 14.2 Å². The molecule has 0 aromatic heterocycles.